The van der Waals surface area contributed by atoms with E-state index in [1.54, 1.807) is 37.2 Å². The number of oxime groups is 1. The Kier molecular flexibility index (Phi) is 7.98. The van der Waals surface area contributed by atoms with Crippen molar-refractivity contribution in [3.05, 3.63) is 23.9 Å². The van der Waals surface area contributed by atoms with E-state index in [4.69, 9.17) is 15.2 Å². The lowest BCUT2D eigenvalue weighted by Gasteiger charge is -2.35. The predicted molar refractivity (Wildman–Crippen MR) is 111 cm³/mol. The molecule has 1 aromatic heterocycles. The maximum absolute atomic E-state index is 12.3. The Bertz CT molecular complexity index is 795. The number of nitriles is 1. The number of carbonyl (C=O) groups excluding carboxylic acids is 1. The second-order valence-corrected chi connectivity index (χ2v) is 7.91. The van der Waals surface area contributed by atoms with Crippen LogP contribution in [0.5, 0.6) is 0 Å². The van der Waals surface area contributed by atoms with E-state index in [-0.39, 0.29) is 18.4 Å². The van der Waals surface area contributed by atoms with Crippen LogP contribution in [0.15, 0.2) is 23.5 Å². The fraction of sp³-hybridized carbons (Fsp3) is 0.550. The number of pyridine rings is 1. The van der Waals surface area contributed by atoms with Crippen molar-refractivity contribution in [2.45, 2.75) is 32.7 Å². The van der Waals surface area contributed by atoms with E-state index in [1.165, 1.54) is 0 Å². The van der Waals surface area contributed by atoms with Crippen LogP contribution in [0, 0.1) is 17.2 Å². The molecule has 1 saturated heterocycles. The van der Waals surface area contributed by atoms with Crippen LogP contribution in [0.4, 0.5) is 10.6 Å². The molecule has 2 heterocycles. The van der Waals surface area contributed by atoms with E-state index in [2.05, 4.69) is 20.4 Å². The first kappa shape index (κ1) is 22.9. The molecule has 1 aromatic rings. The highest BCUT2D eigenvalue weighted by Gasteiger charge is 2.23. The van der Waals surface area contributed by atoms with Gasteiger partial charge in [0.15, 0.2) is 6.61 Å². The molecule has 1 atom stereocenters. The minimum atomic E-state index is -1.07. The molecular formula is C20H28N6O4. The van der Waals surface area contributed by atoms with Gasteiger partial charge < -0.3 is 25.1 Å². The summed E-state index contributed by atoms with van der Waals surface area (Å²) in [6, 6.07) is 5.58. The summed E-state index contributed by atoms with van der Waals surface area (Å²) in [5, 5.41) is 24.0. The molecule has 0 aliphatic carbocycles. The summed E-state index contributed by atoms with van der Waals surface area (Å²) in [6.45, 7) is 7.75. The molecule has 1 aliphatic rings. The van der Waals surface area contributed by atoms with Crippen molar-refractivity contribution in [2.24, 2.45) is 11.1 Å². The third kappa shape index (κ3) is 7.24. The summed E-state index contributed by atoms with van der Waals surface area (Å²) < 4.78 is 0. The van der Waals surface area contributed by atoms with Crippen LogP contribution < -0.4 is 10.2 Å². The second kappa shape index (κ2) is 10.4. The number of carboxylic acid groups (broad SMARTS) is 1. The molecular weight excluding hydrogens is 388 g/mol. The first-order valence-electron chi connectivity index (χ1n) is 9.75. The van der Waals surface area contributed by atoms with Gasteiger partial charge in [-0.25, -0.2) is 9.78 Å². The van der Waals surface area contributed by atoms with Crippen LogP contribution in [0.3, 0.4) is 0 Å². The molecule has 30 heavy (non-hydrogen) atoms. The summed E-state index contributed by atoms with van der Waals surface area (Å²) in [7, 11) is 0. The zero-order valence-corrected chi connectivity index (χ0v) is 17.5. The van der Waals surface area contributed by atoms with Crippen LogP contribution in [0.25, 0.3) is 0 Å². The molecule has 0 aromatic carbocycles. The number of aromatic nitrogens is 1. The smallest absolute Gasteiger partial charge is 0.405 e. The summed E-state index contributed by atoms with van der Waals surface area (Å²) in [5.41, 5.74) is -0.0717. The van der Waals surface area contributed by atoms with E-state index in [1.807, 2.05) is 19.1 Å². The SMILES string of the molecule is C[C@H](/C=N/OCC(=O)N1CCN(c2ccc(C#N)cn2)CC1)CC(C)(C)NC(=O)O. The van der Waals surface area contributed by atoms with Crippen LogP contribution >= 0.6 is 0 Å². The van der Waals surface area contributed by atoms with Gasteiger partial charge in [-0.2, -0.15) is 5.26 Å². The van der Waals surface area contributed by atoms with Crippen molar-refractivity contribution in [3.63, 3.8) is 0 Å². The van der Waals surface area contributed by atoms with Gasteiger partial charge in [0.2, 0.25) is 0 Å². The third-order valence-electron chi connectivity index (χ3n) is 4.69. The fourth-order valence-electron chi connectivity index (χ4n) is 3.35. The van der Waals surface area contributed by atoms with Gasteiger partial charge in [0.25, 0.3) is 5.91 Å². The highest BCUT2D eigenvalue weighted by molar-refractivity contribution is 5.77. The first-order chi connectivity index (χ1) is 14.2. The molecule has 10 nitrogen and oxygen atoms in total. The summed E-state index contributed by atoms with van der Waals surface area (Å²) >= 11 is 0. The zero-order chi connectivity index (χ0) is 22.1. The van der Waals surface area contributed by atoms with Crippen LogP contribution in [0.2, 0.25) is 0 Å². The Labute approximate surface area is 176 Å². The average Bonchev–Trinajstić information content (AvgIpc) is 2.70. The Morgan fingerprint density at radius 2 is 2.10 bits per heavy atom. The number of hydrogen-bond acceptors (Lipinski definition) is 7. The summed E-state index contributed by atoms with van der Waals surface area (Å²) in [5.74, 6) is 0.627. The van der Waals surface area contributed by atoms with Gasteiger partial charge in [0.05, 0.1) is 5.56 Å². The summed E-state index contributed by atoms with van der Waals surface area (Å²) in [6.07, 6.45) is 2.60. The van der Waals surface area contributed by atoms with E-state index >= 15 is 0 Å². The maximum Gasteiger partial charge on any atom is 0.405 e. The van der Waals surface area contributed by atoms with E-state index < -0.39 is 11.6 Å². The molecule has 1 fully saturated rings. The molecule has 0 radical (unpaired) electrons. The Hall–Kier alpha value is -3.35. The molecule has 2 N–H and O–H groups in total. The number of rotatable bonds is 8. The molecule has 0 bridgehead atoms. The molecule has 2 amide bonds. The Balaban J connectivity index is 1.71. The molecule has 2 rings (SSSR count). The molecule has 0 saturated carbocycles. The minimum Gasteiger partial charge on any atom is -0.465 e. The van der Waals surface area contributed by atoms with Gasteiger partial charge >= 0.3 is 6.09 Å². The van der Waals surface area contributed by atoms with Crippen molar-refractivity contribution >= 4 is 24.0 Å². The lowest BCUT2D eigenvalue weighted by molar-refractivity contribution is -0.136. The normalized spacial score (nSPS) is 15.5. The molecule has 1 aliphatic heterocycles. The van der Waals surface area contributed by atoms with Crippen LogP contribution in [0.1, 0.15) is 32.8 Å². The van der Waals surface area contributed by atoms with Gasteiger partial charge in [0, 0.05) is 44.1 Å². The fourth-order valence-corrected chi connectivity index (χ4v) is 3.35. The van der Waals surface area contributed by atoms with Crippen molar-refractivity contribution in [1.82, 2.24) is 15.2 Å². The number of piperazine rings is 1. The number of carbonyl (C=O) groups is 2. The number of amides is 2. The standard InChI is InChI=1S/C20H28N6O4/c1-15(10-20(2,3)24-19(28)29)12-23-30-14-18(27)26-8-6-25(7-9-26)17-5-4-16(11-21)13-22-17/h4-5,12-13,15,24H,6-10,14H2,1-3H3,(H,28,29)/b23-12+/t15-/m0/s1. The Morgan fingerprint density at radius 3 is 2.67 bits per heavy atom. The highest BCUT2D eigenvalue weighted by Crippen LogP contribution is 2.15. The van der Waals surface area contributed by atoms with Crippen molar-refractivity contribution in [3.8, 4) is 6.07 Å². The number of nitrogens with one attached hydrogen (secondary N) is 1. The predicted octanol–water partition coefficient (Wildman–Crippen LogP) is 1.68. The molecule has 0 spiro atoms. The van der Waals surface area contributed by atoms with Gasteiger partial charge in [-0.05, 0) is 38.3 Å². The van der Waals surface area contributed by atoms with E-state index in [0.717, 1.165) is 5.82 Å². The highest BCUT2D eigenvalue weighted by atomic mass is 16.6. The third-order valence-corrected chi connectivity index (χ3v) is 4.69. The quantitative estimate of drug-likeness (QED) is 0.487. The van der Waals surface area contributed by atoms with Crippen molar-refractivity contribution in [2.75, 3.05) is 37.7 Å². The molecule has 162 valence electrons. The Morgan fingerprint density at radius 1 is 1.40 bits per heavy atom. The maximum atomic E-state index is 12.3. The lowest BCUT2D eigenvalue weighted by atomic mass is 9.92. The van der Waals surface area contributed by atoms with Gasteiger partial charge in [-0.1, -0.05) is 12.1 Å². The molecule has 10 heteroatoms. The minimum absolute atomic E-state index is 0.0228. The van der Waals surface area contributed by atoms with Crippen LogP contribution in [-0.2, 0) is 9.63 Å². The van der Waals surface area contributed by atoms with Gasteiger partial charge in [0.1, 0.15) is 11.9 Å². The lowest BCUT2D eigenvalue weighted by Crippen LogP contribution is -2.49. The summed E-state index contributed by atoms with van der Waals surface area (Å²) in [4.78, 5) is 36.3. The van der Waals surface area contributed by atoms with Gasteiger partial charge in [-0.15, -0.1) is 0 Å². The number of hydrogen-bond donors (Lipinski definition) is 2. The van der Waals surface area contributed by atoms with E-state index in [0.29, 0.717) is 38.2 Å². The first-order valence-corrected chi connectivity index (χ1v) is 9.75. The zero-order valence-electron chi connectivity index (χ0n) is 17.5. The van der Waals surface area contributed by atoms with Crippen molar-refractivity contribution in [1.29, 1.82) is 5.26 Å². The van der Waals surface area contributed by atoms with E-state index in [9.17, 15) is 9.59 Å². The average molecular weight is 416 g/mol. The topological polar surface area (TPSA) is 131 Å². The largest absolute Gasteiger partial charge is 0.465 e. The van der Waals surface area contributed by atoms with Crippen molar-refractivity contribution < 1.29 is 19.5 Å². The van der Waals surface area contributed by atoms with Crippen LogP contribution in [-0.4, -0.2) is 71.5 Å². The monoisotopic (exact) mass is 416 g/mol. The number of nitrogens with zero attached hydrogens (tertiary/aromatic N) is 5. The molecule has 0 unspecified atom stereocenters. The number of anilines is 1. The van der Waals surface area contributed by atoms with Gasteiger partial charge in [-0.3, -0.25) is 4.79 Å². The second-order valence-electron chi connectivity index (χ2n) is 7.91.